The standard InChI is InChI=1S/C13H14N2O2/c1-15(13(16)11-5-6-17-9-11)8-10-3-2-4-12(14)7-10/h2-7,9H,8,14H2,1H3. The molecule has 1 aromatic heterocycles. The Labute approximate surface area is 99.6 Å². The van der Waals surface area contributed by atoms with E-state index in [0.29, 0.717) is 17.8 Å². The van der Waals surface area contributed by atoms with Gasteiger partial charge in [0.15, 0.2) is 0 Å². The Kier molecular flexibility index (Phi) is 3.14. The first-order chi connectivity index (χ1) is 8.16. The summed E-state index contributed by atoms with van der Waals surface area (Å²) in [6, 6.07) is 9.15. The van der Waals surface area contributed by atoms with Crippen molar-refractivity contribution >= 4 is 11.6 Å². The van der Waals surface area contributed by atoms with Crippen molar-refractivity contribution < 1.29 is 9.21 Å². The Morgan fingerprint density at radius 2 is 2.24 bits per heavy atom. The van der Waals surface area contributed by atoms with Crippen molar-refractivity contribution in [3.05, 3.63) is 54.0 Å². The van der Waals surface area contributed by atoms with Gasteiger partial charge in [-0.15, -0.1) is 0 Å². The van der Waals surface area contributed by atoms with Gasteiger partial charge in [0.1, 0.15) is 6.26 Å². The first-order valence-corrected chi connectivity index (χ1v) is 5.29. The van der Waals surface area contributed by atoms with Crippen LogP contribution < -0.4 is 5.73 Å². The van der Waals surface area contributed by atoms with E-state index >= 15 is 0 Å². The van der Waals surface area contributed by atoms with E-state index in [2.05, 4.69) is 0 Å². The van der Waals surface area contributed by atoms with Crippen molar-refractivity contribution in [2.75, 3.05) is 12.8 Å². The van der Waals surface area contributed by atoms with Crippen LogP contribution in [0.3, 0.4) is 0 Å². The zero-order valence-electron chi connectivity index (χ0n) is 9.59. The van der Waals surface area contributed by atoms with Crippen molar-refractivity contribution in [1.29, 1.82) is 0 Å². The SMILES string of the molecule is CN(Cc1cccc(N)c1)C(=O)c1ccoc1. The van der Waals surface area contributed by atoms with Gasteiger partial charge in [-0.1, -0.05) is 12.1 Å². The summed E-state index contributed by atoms with van der Waals surface area (Å²) in [6.07, 6.45) is 2.93. The molecule has 0 unspecified atom stereocenters. The van der Waals surface area contributed by atoms with E-state index in [1.165, 1.54) is 12.5 Å². The normalized spacial score (nSPS) is 10.2. The van der Waals surface area contributed by atoms with Crippen LogP contribution in [-0.2, 0) is 6.54 Å². The van der Waals surface area contributed by atoms with Crippen LogP contribution in [0.1, 0.15) is 15.9 Å². The molecule has 4 heteroatoms. The predicted octanol–water partition coefficient (Wildman–Crippen LogP) is 2.13. The van der Waals surface area contributed by atoms with Crippen LogP contribution in [0.15, 0.2) is 47.3 Å². The predicted molar refractivity (Wildman–Crippen MR) is 65.4 cm³/mol. The first kappa shape index (κ1) is 11.3. The van der Waals surface area contributed by atoms with Gasteiger partial charge in [0.05, 0.1) is 11.8 Å². The smallest absolute Gasteiger partial charge is 0.257 e. The molecule has 1 aromatic carbocycles. The molecule has 0 atom stereocenters. The molecule has 0 aliphatic carbocycles. The fourth-order valence-corrected chi connectivity index (χ4v) is 1.64. The van der Waals surface area contributed by atoms with Crippen molar-refractivity contribution in [3.8, 4) is 0 Å². The summed E-state index contributed by atoms with van der Waals surface area (Å²) < 4.78 is 4.89. The van der Waals surface area contributed by atoms with E-state index in [1.54, 1.807) is 18.0 Å². The third-order valence-corrected chi connectivity index (χ3v) is 2.49. The summed E-state index contributed by atoms with van der Waals surface area (Å²) in [5, 5.41) is 0. The minimum atomic E-state index is -0.0684. The molecule has 88 valence electrons. The highest BCUT2D eigenvalue weighted by molar-refractivity contribution is 5.93. The largest absolute Gasteiger partial charge is 0.472 e. The van der Waals surface area contributed by atoms with Crippen LogP contribution in [0.4, 0.5) is 5.69 Å². The van der Waals surface area contributed by atoms with Crippen LogP contribution in [0.25, 0.3) is 0 Å². The third kappa shape index (κ3) is 2.66. The van der Waals surface area contributed by atoms with Gasteiger partial charge in [0.25, 0.3) is 5.91 Å². The van der Waals surface area contributed by atoms with Crippen molar-refractivity contribution in [2.45, 2.75) is 6.54 Å². The first-order valence-electron chi connectivity index (χ1n) is 5.29. The fourth-order valence-electron chi connectivity index (χ4n) is 1.64. The molecule has 2 N–H and O–H groups in total. The Morgan fingerprint density at radius 3 is 2.88 bits per heavy atom. The fraction of sp³-hybridized carbons (Fsp3) is 0.154. The summed E-state index contributed by atoms with van der Waals surface area (Å²) in [7, 11) is 1.75. The van der Waals surface area contributed by atoms with Gasteiger partial charge in [-0.2, -0.15) is 0 Å². The van der Waals surface area contributed by atoms with Gasteiger partial charge in [-0.05, 0) is 23.8 Å². The minimum absolute atomic E-state index is 0.0684. The number of carbonyl (C=O) groups is 1. The molecular formula is C13H14N2O2. The molecule has 1 amide bonds. The van der Waals surface area contributed by atoms with Gasteiger partial charge in [-0.3, -0.25) is 4.79 Å². The van der Waals surface area contributed by atoms with Gasteiger partial charge in [-0.25, -0.2) is 0 Å². The van der Waals surface area contributed by atoms with Crippen molar-refractivity contribution in [3.63, 3.8) is 0 Å². The van der Waals surface area contributed by atoms with Crippen LogP contribution in [0.5, 0.6) is 0 Å². The number of rotatable bonds is 3. The Hall–Kier alpha value is -2.23. The van der Waals surface area contributed by atoms with E-state index in [4.69, 9.17) is 10.2 Å². The second-order valence-electron chi connectivity index (χ2n) is 3.92. The number of nitrogens with zero attached hydrogens (tertiary/aromatic N) is 1. The number of anilines is 1. The third-order valence-electron chi connectivity index (χ3n) is 2.49. The summed E-state index contributed by atoms with van der Waals surface area (Å²) in [6.45, 7) is 0.523. The maximum atomic E-state index is 11.9. The van der Waals surface area contributed by atoms with Crippen LogP contribution in [0, 0.1) is 0 Å². The van der Waals surface area contributed by atoms with Gasteiger partial charge >= 0.3 is 0 Å². The van der Waals surface area contributed by atoms with Crippen molar-refractivity contribution in [2.24, 2.45) is 0 Å². The molecule has 0 fully saturated rings. The summed E-state index contributed by atoms with van der Waals surface area (Å²) >= 11 is 0. The minimum Gasteiger partial charge on any atom is -0.472 e. The van der Waals surface area contributed by atoms with E-state index < -0.39 is 0 Å². The maximum absolute atomic E-state index is 11.9. The number of hydrogen-bond donors (Lipinski definition) is 1. The molecule has 0 saturated carbocycles. The molecule has 4 nitrogen and oxygen atoms in total. The number of benzene rings is 1. The van der Waals surface area contributed by atoms with Crippen LogP contribution in [-0.4, -0.2) is 17.9 Å². The molecule has 2 rings (SSSR count). The highest BCUT2D eigenvalue weighted by Crippen LogP contribution is 2.11. The number of hydrogen-bond acceptors (Lipinski definition) is 3. The second-order valence-corrected chi connectivity index (χ2v) is 3.92. The van der Waals surface area contributed by atoms with E-state index in [-0.39, 0.29) is 5.91 Å². The topological polar surface area (TPSA) is 59.5 Å². The number of amides is 1. The molecule has 0 saturated heterocycles. The lowest BCUT2D eigenvalue weighted by Crippen LogP contribution is -2.25. The quantitative estimate of drug-likeness (QED) is 0.822. The lowest BCUT2D eigenvalue weighted by Gasteiger charge is -2.16. The average Bonchev–Trinajstić information content (AvgIpc) is 2.81. The number of carbonyl (C=O) groups excluding carboxylic acids is 1. The lowest BCUT2D eigenvalue weighted by atomic mass is 10.2. The molecule has 2 aromatic rings. The van der Waals surface area contributed by atoms with Crippen molar-refractivity contribution in [1.82, 2.24) is 4.90 Å². The summed E-state index contributed by atoms with van der Waals surface area (Å²) in [5.74, 6) is -0.0684. The van der Waals surface area contributed by atoms with E-state index in [9.17, 15) is 4.79 Å². The molecular weight excluding hydrogens is 216 g/mol. The lowest BCUT2D eigenvalue weighted by molar-refractivity contribution is 0.0784. The number of nitrogens with two attached hydrogens (primary N) is 1. The molecule has 0 radical (unpaired) electrons. The summed E-state index contributed by atoms with van der Waals surface area (Å²) in [4.78, 5) is 13.6. The Bertz CT molecular complexity index is 506. The van der Waals surface area contributed by atoms with Gasteiger partial charge in [0, 0.05) is 19.3 Å². The second kappa shape index (κ2) is 4.74. The molecule has 0 spiro atoms. The monoisotopic (exact) mass is 230 g/mol. The van der Waals surface area contributed by atoms with E-state index in [0.717, 1.165) is 5.56 Å². The van der Waals surface area contributed by atoms with Crippen LogP contribution >= 0.6 is 0 Å². The molecule has 0 aliphatic heterocycles. The number of furan rings is 1. The number of nitrogen functional groups attached to an aromatic ring is 1. The zero-order valence-corrected chi connectivity index (χ0v) is 9.59. The molecule has 17 heavy (non-hydrogen) atoms. The van der Waals surface area contributed by atoms with Gasteiger partial charge in [0.2, 0.25) is 0 Å². The highest BCUT2D eigenvalue weighted by Gasteiger charge is 2.12. The van der Waals surface area contributed by atoms with E-state index in [1.807, 2.05) is 24.3 Å². The maximum Gasteiger partial charge on any atom is 0.257 e. The average molecular weight is 230 g/mol. The highest BCUT2D eigenvalue weighted by atomic mass is 16.3. The van der Waals surface area contributed by atoms with Gasteiger partial charge < -0.3 is 15.1 Å². The molecule has 0 bridgehead atoms. The zero-order chi connectivity index (χ0) is 12.3. The molecule has 1 heterocycles. The Balaban J connectivity index is 2.07. The van der Waals surface area contributed by atoms with Crippen LogP contribution in [0.2, 0.25) is 0 Å². The Morgan fingerprint density at radius 1 is 1.41 bits per heavy atom. The summed E-state index contributed by atoms with van der Waals surface area (Å²) in [5.41, 5.74) is 7.94. The molecule has 0 aliphatic rings.